The first-order valence-electron chi connectivity index (χ1n) is 6.58. The second-order valence-corrected chi connectivity index (χ2v) is 5.59. The van der Waals surface area contributed by atoms with E-state index in [4.69, 9.17) is 16.2 Å². The van der Waals surface area contributed by atoms with Gasteiger partial charge in [0.2, 0.25) is 0 Å². The molecule has 0 saturated carbocycles. The van der Waals surface area contributed by atoms with E-state index in [2.05, 4.69) is 18.7 Å². The molecule has 2 aliphatic carbocycles. The van der Waals surface area contributed by atoms with Crippen molar-refractivity contribution >= 4 is 18.6 Å². The normalized spacial score (nSPS) is 30.4. The summed E-state index contributed by atoms with van der Waals surface area (Å²) in [6, 6.07) is 0. The topological polar surface area (TPSA) is 78.3 Å². The minimum atomic E-state index is -0.404. The summed E-state index contributed by atoms with van der Waals surface area (Å²) in [5, 5.41) is -0.404. The highest BCUT2D eigenvalue weighted by molar-refractivity contribution is 7.81. The third-order valence-electron chi connectivity index (χ3n) is 3.82. The zero-order chi connectivity index (χ0) is 14.7. The highest BCUT2D eigenvalue weighted by atomic mass is 32.1. The molecule has 0 aromatic rings. The Balaban J connectivity index is 2.29. The molecule has 0 bridgehead atoms. The molecule has 0 fully saturated rings. The van der Waals surface area contributed by atoms with Gasteiger partial charge in [-0.25, -0.2) is 0 Å². The molecule has 20 heavy (non-hydrogen) atoms. The van der Waals surface area contributed by atoms with Crippen molar-refractivity contribution in [3.8, 4) is 0 Å². The van der Waals surface area contributed by atoms with Crippen LogP contribution in [0.2, 0.25) is 0 Å². The fourth-order valence-electron chi connectivity index (χ4n) is 2.70. The molecule has 0 heterocycles. The molecule has 5 heteroatoms. The van der Waals surface area contributed by atoms with Crippen molar-refractivity contribution in [3.63, 3.8) is 0 Å². The van der Waals surface area contributed by atoms with Crippen molar-refractivity contribution in [3.05, 3.63) is 47.7 Å². The van der Waals surface area contributed by atoms with Gasteiger partial charge in [0.05, 0.1) is 18.4 Å². The van der Waals surface area contributed by atoms with Crippen LogP contribution < -0.4 is 11.5 Å². The summed E-state index contributed by atoms with van der Waals surface area (Å²) in [6.45, 7) is 0. The fourth-order valence-corrected chi connectivity index (χ4v) is 2.87. The third-order valence-corrected chi connectivity index (χ3v) is 4.12. The van der Waals surface area contributed by atoms with Gasteiger partial charge in [-0.05, 0) is 18.1 Å². The van der Waals surface area contributed by atoms with Crippen LogP contribution in [0, 0.1) is 17.8 Å². The van der Waals surface area contributed by atoms with Crippen molar-refractivity contribution in [1.82, 2.24) is 0 Å². The molecule has 4 atom stereocenters. The molecule has 4 unspecified atom stereocenters. The Morgan fingerprint density at radius 1 is 1.55 bits per heavy atom. The van der Waals surface area contributed by atoms with Crippen LogP contribution >= 0.6 is 12.6 Å². The number of carbonyl (C=O) groups excluding carboxylic acids is 1. The Kier molecular flexibility index (Phi) is 4.73. The fraction of sp³-hybridized carbons (Fsp3) is 0.400. The van der Waals surface area contributed by atoms with Crippen LogP contribution in [0.5, 0.6) is 0 Å². The third kappa shape index (κ3) is 2.99. The maximum absolute atomic E-state index is 12.0. The SMILES string of the molecule is COC(=O)C1C=C(C(N)S)C=CC1C1CC=CC=C1N. The Morgan fingerprint density at radius 2 is 2.30 bits per heavy atom. The van der Waals surface area contributed by atoms with Crippen LogP contribution in [0.4, 0.5) is 0 Å². The Hall–Kier alpha value is -1.46. The van der Waals surface area contributed by atoms with E-state index in [0.717, 1.165) is 17.7 Å². The maximum atomic E-state index is 12.0. The van der Waals surface area contributed by atoms with E-state index in [1.165, 1.54) is 7.11 Å². The highest BCUT2D eigenvalue weighted by Crippen LogP contribution is 2.36. The lowest BCUT2D eigenvalue weighted by atomic mass is 9.74. The number of nitrogens with two attached hydrogens (primary N) is 2. The van der Waals surface area contributed by atoms with Crippen LogP contribution in [-0.2, 0) is 9.53 Å². The average molecular weight is 292 g/mol. The Morgan fingerprint density at radius 3 is 2.90 bits per heavy atom. The number of hydrogen-bond acceptors (Lipinski definition) is 5. The second-order valence-electron chi connectivity index (χ2n) is 5.03. The largest absolute Gasteiger partial charge is 0.469 e. The van der Waals surface area contributed by atoms with Crippen LogP contribution in [0.3, 0.4) is 0 Å². The summed E-state index contributed by atoms with van der Waals surface area (Å²) in [5.74, 6) is -0.552. The summed E-state index contributed by atoms with van der Waals surface area (Å²) in [5.41, 5.74) is 13.5. The second kappa shape index (κ2) is 6.33. The van der Waals surface area contributed by atoms with E-state index < -0.39 is 5.37 Å². The standard InChI is InChI=1S/C15H20N2O2S/c1-19-15(18)12-8-9(14(17)20)6-7-10(12)11-4-2-3-5-13(11)16/h2-3,5-8,10-12,14,20H,4,16-17H2,1H3. The van der Waals surface area contributed by atoms with Gasteiger partial charge < -0.3 is 16.2 Å². The smallest absolute Gasteiger partial charge is 0.313 e. The van der Waals surface area contributed by atoms with E-state index >= 15 is 0 Å². The summed E-state index contributed by atoms with van der Waals surface area (Å²) < 4.78 is 4.91. The number of hydrogen-bond donors (Lipinski definition) is 3. The number of thiol groups is 1. The molecule has 0 spiro atoms. The van der Waals surface area contributed by atoms with E-state index in [9.17, 15) is 4.79 Å². The molecule has 0 saturated heterocycles. The van der Waals surface area contributed by atoms with Crippen molar-refractivity contribution < 1.29 is 9.53 Å². The monoisotopic (exact) mass is 292 g/mol. The summed E-state index contributed by atoms with van der Waals surface area (Å²) in [7, 11) is 1.39. The predicted octanol–water partition coefficient (Wildman–Crippen LogP) is 1.52. The van der Waals surface area contributed by atoms with Crippen LogP contribution in [0.1, 0.15) is 6.42 Å². The predicted molar refractivity (Wildman–Crippen MR) is 82.7 cm³/mol. The van der Waals surface area contributed by atoms with Crippen molar-refractivity contribution in [2.45, 2.75) is 11.8 Å². The molecule has 0 aromatic heterocycles. The van der Waals surface area contributed by atoms with Gasteiger partial charge in [0.1, 0.15) is 0 Å². The number of ether oxygens (including phenoxy) is 1. The van der Waals surface area contributed by atoms with Gasteiger partial charge >= 0.3 is 5.97 Å². The first kappa shape index (κ1) is 14.9. The Labute approximate surface area is 124 Å². The molecule has 4 N–H and O–H groups in total. The van der Waals surface area contributed by atoms with Crippen LogP contribution in [-0.4, -0.2) is 18.5 Å². The maximum Gasteiger partial charge on any atom is 0.313 e. The average Bonchev–Trinajstić information content (AvgIpc) is 2.46. The van der Waals surface area contributed by atoms with E-state index in [0.29, 0.717) is 0 Å². The van der Waals surface area contributed by atoms with E-state index in [1.807, 2.05) is 30.4 Å². The number of esters is 1. The lowest BCUT2D eigenvalue weighted by Crippen LogP contribution is -2.34. The molecule has 0 aromatic carbocycles. The quantitative estimate of drug-likeness (QED) is 0.419. The first-order chi connectivity index (χ1) is 9.54. The lowest BCUT2D eigenvalue weighted by molar-refractivity contribution is -0.145. The molecule has 2 aliphatic rings. The zero-order valence-electron chi connectivity index (χ0n) is 11.4. The van der Waals surface area contributed by atoms with Crippen LogP contribution in [0.15, 0.2) is 47.7 Å². The van der Waals surface area contributed by atoms with Crippen molar-refractivity contribution in [2.24, 2.45) is 29.2 Å². The summed E-state index contributed by atoms with van der Waals surface area (Å²) in [6.07, 6.45) is 12.5. The number of allylic oxidation sites excluding steroid dienone is 5. The van der Waals surface area contributed by atoms with Gasteiger partial charge in [-0.15, -0.1) is 0 Å². The van der Waals surface area contributed by atoms with Crippen molar-refractivity contribution in [1.29, 1.82) is 0 Å². The van der Waals surface area contributed by atoms with Gasteiger partial charge in [-0.2, -0.15) is 12.6 Å². The van der Waals surface area contributed by atoms with E-state index in [1.54, 1.807) is 0 Å². The summed E-state index contributed by atoms with van der Waals surface area (Å²) >= 11 is 4.21. The van der Waals surface area contributed by atoms with Gasteiger partial charge in [0.25, 0.3) is 0 Å². The molecular weight excluding hydrogens is 272 g/mol. The molecule has 4 nitrogen and oxygen atoms in total. The molecule has 0 amide bonds. The zero-order valence-corrected chi connectivity index (χ0v) is 12.3. The molecular formula is C15H20N2O2S. The minimum absolute atomic E-state index is 0.0144. The number of carbonyl (C=O) groups is 1. The van der Waals surface area contributed by atoms with Gasteiger partial charge in [-0.1, -0.05) is 30.4 Å². The highest BCUT2D eigenvalue weighted by Gasteiger charge is 2.35. The molecule has 0 aliphatic heterocycles. The van der Waals surface area contributed by atoms with Gasteiger partial charge in [0.15, 0.2) is 0 Å². The number of rotatable bonds is 3. The van der Waals surface area contributed by atoms with Gasteiger partial charge in [0, 0.05) is 17.5 Å². The first-order valence-corrected chi connectivity index (χ1v) is 7.09. The molecule has 108 valence electrons. The summed E-state index contributed by atoms with van der Waals surface area (Å²) in [4.78, 5) is 12.0. The molecule has 2 rings (SSSR count). The minimum Gasteiger partial charge on any atom is -0.469 e. The lowest BCUT2D eigenvalue weighted by Gasteiger charge is -2.32. The number of methoxy groups -OCH3 is 1. The Bertz CT molecular complexity index is 506. The molecule has 0 radical (unpaired) electrons. The van der Waals surface area contributed by atoms with Gasteiger partial charge in [-0.3, -0.25) is 4.79 Å². The van der Waals surface area contributed by atoms with Crippen molar-refractivity contribution in [2.75, 3.05) is 7.11 Å². The van der Waals surface area contributed by atoms with Crippen LogP contribution in [0.25, 0.3) is 0 Å². The van der Waals surface area contributed by atoms with E-state index in [-0.39, 0.29) is 23.7 Å².